The van der Waals surface area contributed by atoms with E-state index >= 15 is 0 Å². The topological polar surface area (TPSA) is 66.6 Å². The van der Waals surface area contributed by atoms with Gasteiger partial charge in [0.25, 0.3) is 0 Å². The molecule has 84 valence electrons. The summed E-state index contributed by atoms with van der Waals surface area (Å²) in [6.45, 7) is 3.27. The first-order valence-electron chi connectivity index (χ1n) is 5.43. The van der Waals surface area contributed by atoms with Gasteiger partial charge in [0.2, 0.25) is 11.8 Å². The highest BCUT2D eigenvalue weighted by Gasteiger charge is 2.41. The van der Waals surface area contributed by atoms with Crippen LogP contribution in [-0.4, -0.2) is 53.3 Å². The molecule has 2 fully saturated rings. The number of nitrogens with zero attached hydrogens (tertiary/aromatic N) is 2. The minimum absolute atomic E-state index is 0.0674. The van der Waals surface area contributed by atoms with E-state index in [1.807, 2.05) is 6.92 Å². The Labute approximate surface area is 89.2 Å². The molecule has 2 aliphatic rings. The summed E-state index contributed by atoms with van der Waals surface area (Å²) in [6.07, 6.45) is 1.74. The van der Waals surface area contributed by atoms with Crippen molar-refractivity contribution < 1.29 is 9.59 Å². The van der Waals surface area contributed by atoms with Gasteiger partial charge in [0.1, 0.15) is 6.04 Å². The summed E-state index contributed by atoms with van der Waals surface area (Å²) in [5.41, 5.74) is 5.65. The molecule has 0 aromatic heterocycles. The monoisotopic (exact) mass is 211 g/mol. The molecule has 0 radical (unpaired) electrons. The van der Waals surface area contributed by atoms with E-state index in [1.165, 1.54) is 0 Å². The molecule has 2 aliphatic heterocycles. The molecule has 15 heavy (non-hydrogen) atoms. The van der Waals surface area contributed by atoms with E-state index in [1.54, 1.807) is 9.80 Å². The van der Waals surface area contributed by atoms with Crippen molar-refractivity contribution in [3.05, 3.63) is 0 Å². The molecule has 5 nitrogen and oxygen atoms in total. The minimum Gasteiger partial charge on any atom is -0.330 e. The lowest BCUT2D eigenvalue weighted by atomic mass is 10.1. The Morgan fingerprint density at radius 2 is 2.27 bits per heavy atom. The molecule has 2 saturated heterocycles. The fourth-order valence-electron chi connectivity index (χ4n) is 2.37. The zero-order chi connectivity index (χ0) is 11.0. The minimum atomic E-state index is -0.204. The van der Waals surface area contributed by atoms with Gasteiger partial charge in [0, 0.05) is 19.1 Å². The molecule has 2 unspecified atom stereocenters. The van der Waals surface area contributed by atoms with E-state index in [-0.39, 0.29) is 30.4 Å². The first-order valence-corrected chi connectivity index (χ1v) is 5.43. The number of fused-ring (bicyclic) bond motifs is 1. The van der Waals surface area contributed by atoms with Crippen LogP contribution < -0.4 is 5.73 Å². The smallest absolute Gasteiger partial charge is 0.245 e. The summed E-state index contributed by atoms with van der Waals surface area (Å²) >= 11 is 0. The third-order valence-corrected chi connectivity index (χ3v) is 3.00. The third kappa shape index (κ3) is 1.84. The number of hydrogen-bond donors (Lipinski definition) is 1. The van der Waals surface area contributed by atoms with Crippen molar-refractivity contribution in [2.75, 3.05) is 19.6 Å². The van der Waals surface area contributed by atoms with Gasteiger partial charge in [-0.3, -0.25) is 9.59 Å². The van der Waals surface area contributed by atoms with Crippen molar-refractivity contribution in [3.63, 3.8) is 0 Å². The Morgan fingerprint density at radius 3 is 2.93 bits per heavy atom. The van der Waals surface area contributed by atoms with Crippen molar-refractivity contribution >= 4 is 11.8 Å². The summed E-state index contributed by atoms with van der Waals surface area (Å²) < 4.78 is 0. The first-order chi connectivity index (χ1) is 7.09. The number of rotatable bonds is 2. The van der Waals surface area contributed by atoms with Crippen LogP contribution in [-0.2, 0) is 9.59 Å². The predicted octanol–water partition coefficient (Wildman–Crippen LogP) is -0.833. The van der Waals surface area contributed by atoms with Crippen molar-refractivity contribution in [3.8, 4) is 0 Å². The molecule has 0 aromatic carbocycles. The molecule has 0 saturated carbocycles. The summed E-state index contributed by atoms with van der Waals surface area (Å²) in [5, 5.41) is 0. The second kappa shape index (κ2) is 3.81. The van der Waals surface area contributed by atoms with Gasteiger partial charge in [-0.05, 0) is 19.8 Å². The summed E-state index contributed by atoms with van der Waals surface area (Å²) in [6, 6.07) is -0.278. The summed E-state index contributed by atoms with van der Waals surface area (Å²) in [5.74, 6) is 0.141. The summed E-state index contributed by atoms with van der Waals surface area (Å²) in [7, 11) is 0. The molecule has 0 aliphatic carbocycles. The van der Waals surface area contributed by atoms with E-state index in [0.29, 0.717) is 6.54 Å². The van der Waals surface area contributed by atoms with Crippen LogP contribution in [0.3, 0.4) is 0 Å². The SMILES string of the molecule is CC(N)CN1CC(=O)N2CCCC2C1=O. The fraction of sp³-hybridized carbons (Fsp3) is 0.800. The number of carbonyl (C=O) groups is 2. The van der Waals surface area contributed by atoms with Gasteiger partial charge in [-0.15, -0.1) is 0 Å². The Balaban J connectivity index is 2.10. The van der Waals surface area contributed by atoms with Crippen molar-refractivity contribution in [2.45, 2.75) is 31.8 Å². The van der Waals surface area contributed by atoms with Crippen LogP contribution in [0.2, 0.25) is 0 Å². The molecule has 2 atom stereocenters. The molecule has 5 heteroatoms. The van der Waals surface area contributed by atoms with Crippen LogP contribution in [0.15, 0.2) is 0 Å². The van der Waals surface area contributed by atoms with E-state index in [4.69, 9.17) is 5.73 Å². The van der Waals surface area contributed by atoms with E-state index in [2.05, 4.69) is 0 Å². The van der Waals surface area contributed by atoms with Gasteiger partial charge in [-0.1, -0.05) is 0 Å². The highest BCUT2D eigenvalue weighted by Crippen LogP contribution is 2.23. The first kappa shape index (κ1) is 10.4. The molecule has 0 spiro atoms. The quantitative estimate of drug-likeness (QED) is 0.648. The normalized spacial score (nSPS) is 28.3. The average Bonchev–Trinajstić information content (AvgIpc) is 2.61. The van der Waals surface area contributed by atoms with Crippen molar-refractivity contribution in [2.24, 2.45) is 5.73 Å². The van der Waals surface area contributed by atoms with Gasteiger partial charge in [0.05, 0.1) is 6.54 Å². The zero-order valence-corrected chi connectivity index (χ0v) is 8.98. The van der Waals surface area contributed by atoms with Crippen LogP contribution in [0, 0.1) is 0 Å². The van der Waals surface area contributed by atoms with Crippen molar-refractivity contribution in [1.82, 2.24) is 9.80 Å². The maximum absolute atomic E-state index is 12.0. The number of piperazine rings is 1. The second-order valence-electron chi connectivity index (χ2n) is 4.44. The molecule has 2 N–H and O–H groups in total. The van der Waals surface area contributed by atoms with Crippen LogP contribution in [0.1, 0.15) is 19.8 Å². The van der Waals surface area contributed by atoms with Crippen LogP contribution >= 0.6 is 0 Å². The number of nitrogens with two attached hydrogens (primary N) is 1. The molecule has 2 rings (SSSR count). The van der Waals surface area contributed by atoms with Gasteiger partial charge < -0.3 is 15.5 Å². The molecule has 0 bridgehead atoms. The molecular formula is C10H17N3O2. The number of amides is 2. The van der Waals surface area contributed by atoms with Crippen LogP contribution in [0.25, 0.3) is 0 Å². The highest BCUT2D eigenvalue weighted by molar-refractivity contribution is 5.95. The van der Waals surface area contributed by atoms with Gasteiger partial charge in [0.15, 0.2) is 0 Å². The standard InChI is InChI=1S/C10H17N3O2/c1-7(11)5-12-6-9(14)13-4-2-3-8(13)10(12)15/h7-8H,2-6,11H2,1H3. The molecule has 2 heterocycles. The van der Waals surface area contributed by atoms with Gasteiger partial charge in [-0.2, -0.15) is 0 Å². The van der Waals surface area contributed by atoms with E-state index < -0.39 is 0 Å². The Hall–Kier alpha value is -1.10. The van der Waals surface area contributed by atoms with E-state index in [9.17, 15) is 9.59 Å². The van der Waals surface area contributed by atoms with Crippen LogP contribution in [0.5, 0.6) is 0 Å². The van der Waals surface area contributed by atoms with Crippen LogP contribution in [0.4, 0.5) is 0 Å². The Morgan fingerprint density at radius 1 is 1.53 bits per heavy atom. The molecular weight excluding hydrogens is 194 g/mol. The number of carbonyl (C=O) groups excluding carboxylic acids is 2. The van der Waals surface area contributed by atoms with E-state index in [0.717, 1.165) is 19.4 Å². The van der Waals surface area contributed by atoms with Gasteiger partial charge >= 0.3 is 0 Å². The number of hydrogen-bond acceptors (Lipinski definition) is 3. The third-order valence-electron chi connectivity index (χ3n) is 3.00. The Bertz CT molecular complexity index is 290. The molecule has 2 amide bonds. The summed E-state index contributed by atoms with van der Waals surface area (Å²) in [4.78, 5) is 27.0. The lowest BCUT2D eigenvalue weighted by Gasteiger charge is -2.37. The lowest BCUT2D eigenvalue weighted by molar-refractivity contribution is -0.153. The van der Waals surface area contributed by atoms with Gasteiger partial charge in [-0.25, -0.2) is 0 Å². The lowest BCUT2D eigenvalue weighted by Crippen LogP contribution is -2.59. The Kier molecular flexibility index (Phi) is 2.65. The zero-order valence-electron chi connectivity index (χ0n) is 8.98. The highest BCUT2D eigenvalue weighted by atomic mass is 16.2. The fourth-order valence-corrected chi connectivity index (χ4v) is 2.37. The predicted molar refractivity (Wildman–Crippen MR) is 55.0 cm³/mol. The average molecular weight is 211 g/mol. The molecule has 0 aromatic rings. The largest absolute Gasteiger partial charge is 0.330 e. The van der Waals surface area contributed by atoms with Crippen molar-refractivity contribution in [1.29, 1.82) is 0 Å². The second-order valence-corrected chi connectivity index (χ2v) is 4.44. The maximum Gasteiger partial charge on any atom is 0.245 e. The maximum atomic E-state index is 12.0.